The molecule has 0 unspecified atom stereocenters. The molecule has 0 aliphatic carbocycles. The molecule has 0 fully saturated rings. The fraction of sp³-hybridized carbons (Fsp3) is 0.211. The first-order valence-corrected chi connectivity index (χ1v) is 8.53. The van der Waals surface area contributed by atoms with Crippen molar-refractivity contribution in [3.63, 3.8) is 0 Å². The van der Waals surface area contributed by atoms with Crippen molar-refractivity contribution >= 4 is 16.5 Å². The Morgan fingerprint density at radius 1 is 1.13 bits per heavy atom. The molecule has 2 N–H and O–H groups in total. The van der Waals surface area contributed by atoms with E-state index in [2.05, 4.69) is 37.0 Å². The SMILES string of the molecule is CC(C)c1cc(-c2csc(N)n2)ccc1OCc1ccccc1. The normalized spacial score (nSPS) is 10.9. The minimum atomic E-state index is 0.372. The van der Waals surface area contributed by atoms with Gasteiger partial charge in [0.1, 0.15) is 12.4 Å². The van der Waals surface area contributed by atoms with Crippen molar-refractivity contribution < 1.29 is 4.74 Å². The number of nitrogen functional groups attached to an aromatic ring is 1. The molecular formula is C19H20N2OS. The molecule has 1 heterocycles. The van der Waals surface area contributed by atoms with Gasteiger partial charge in [-0.1, -0.05) is 44.2 Å². The van der Waals surface area contributed by atoms with Crippen LogP contribution >= 0.6 is 11.3 Å². The van der Waals surface area contributed by atoms with E-state index in [9.17, 15) is 0 Å². The summed E-state index contributed by atoms with van der Waals surface area (Å²) in [6, 6.07) is 16.4. The number of benzene rings is 2. The van der Waals surface area contributed by atoms with Crippen LogP contribution in [0.5, 0.6) is 5.75 Å². The summed E-state index contributed by atoms with van der Waals surface area (Å²) in [5.41, 5.74) is 10.1. The first-order chi connectivity index (χ1) is 11.1. The number of anilines is 1. The molecule has 0 atom stereocenters. The number of nitrogens with zero attached hydrogens (tertiary/aromatic N) is 1. The molecule has 0 spiro atoms. The van der Waals surface area contributed by atoms with Gasteiger partial charge in [-0.05, 0) is 35.2 Å². The van der Waals surface area contributed by atoms with Crippen molar-refractivity contribution in [3.8, 4) is 17.0 Å². The van der Waals surface area contributed by atoms with Crippen LogP contribution < -0.4 is 10.5 Å². The predicted molar refractivity (Wildman–Crippen MR) is 96.8 cm³/mol. The van der Waals surface area contributed by atoms with Crippen molar-refractivity contribution in [3.05, 3.63) is 65.0 Å². The fourth-order valence-electron chi connectivity index (χ4n) is 2.45. The van der Waals surface area contributed by atoms with Gasteiger partial charge in [0.15, 0.2) is 5.13 Å². The van der Waals surface area contributed by atoms with Crippen molar-refractivity contribution in [1.82, 2.24) is 4.98 Å². The Hall–Kier alpha value is -2.33. The molecule has 0 amide bonds. The van der Waals surface area contributed by atoms with Crippen LogP contribution in [0.25, 0.3) is 11.3 Å². The van der Waals surface area contributed by atoms with E-state index in [1.54, 1.807) is 0 Å². The summed E-state index contributed by atoms with van der Waals surface area (Å²) in [7, 11) is 0. The average Bonchev–Trinajstić information content (AvgIpc) is 3.00. The molecule has 0 aliphatic rings. The van der Waals surface area contributed by atoms with Gasteiger partial charge in [-0.3, -0.25) is 0 Å². The van der Waals surface area contributed by atoms with Crippen LogP contribution in [0.1, 0.15) is 30.9 Å². The van der Waals surface area contributed by atoms with E-state index in [4.69, 9.17) is 10.5 Å². The summed E-state index contributed by atoms with van der Waals surface area (Å²) >= 11 is 1.46. The van der Waals surface area contributed by atoms with Crippen LogP contribution in [0.4, 0.5) is 5.13 Å². The van der Waals surface area contributed by atoms with Gasteiger partial charge in [-0.15, -0.1) is 11.3 Å². The zero-order chi connectivity index (χ0) is 16.2. The van der Waals surface area contributed by atoms with Crippen molar-refractivity contribution in [2.45, 2.75) is 26.4 Å². The third-order valence-electron chi connectivity index (χ3n) is 3.69. The quantitative estimate of drug-likeness (QED) is 0.710. The number of ether oxygens (including phenoxy) is 1. The number of aromatic nitrogens is 1. The molecule has 1 aromatic heterocycles. The zero-order valence-corrected chi connectivity index (χ0v) is 14.1. The Morgan fingerprint density at radius 2 is 1.91 bits per heavy atom. The van der Waals surface area contributed by atoms with E-state index in [1.807, 2.05) is 35.7 Å². The number of rotatable bonds is 5. The molecule has 3 nitrogen and oxygen atoms in total. The molecule has 0 saturated heterocycles. The van der Waals surface area contributed by atoms with Crippen LogP contribution in [0, 0.1) is 0 Å². The Morgan fingerprint density at radius 3 is 2.57 bits per heavy atom. The van der Waals surface area contributed by atoms with Crippen LogP contribution in [0.15, 0.2) is 53.9 Å². The highest BCUT2D eigenvalue weighted by molar-refractivity contribution is 7.13. The maximum atomic E-state index is 6.04. The molecule has 2 aromatic carbocycles. The van der Waals surface area contributed by atoms with Gasteiger partial charge in [-0.25, -0.2) is 4.98 Å². The lowest BCUT2D eigenvalue weighted by atomic mass is 9.98. The first-order valence-electron chi connectivity index (χ1n) is 7.65. The Labute approximate surface area is 140 Å². The van der Waals surface area contributed by atoms with Crippen molar-refractivity contribution in [2.75, 3.05) is 5.73 Å². The number of hydrogen-bond donors (Lipinski definition) is 1. The summed E-state index contributed by atoms with van der Waals surface area (Å²) < 4.78 is 6.04. The molecule has 0 radical (unpaired) electrons. The second-order valence-corrected chi connectivity index (χ2v) is 6.64. The summed E-state index contributed by atoms with van der Waals surface area (Å²) in [6.45, 7) is 4.91. The lowest BCUT2D eigenvalue weighted by Gasteiger charge is -2.15. The number of hydrogen-bond acceptors (Lipinski definition) is 4. The second kappa shape index (κ2) is 6.84. The summed E-state index contributed by atoms with van der Waals surface area (Å²) in [5.74, 6) is 1.30. The van der Waals surface area contributed by atoms with Crippen LogP contribution in [0.2, 0.25) is 0 Å². The highest BCUT2D eigenvalue weighted by Crippen LogP contribution is 2.32. The van der Waals surface area contributed by atoms with Crippen molar-refractivity contribution in [2.24, 2.45) is 0 Å². The molecule has 0 saturated carbocycles. The van der Waals surface area contributed by atoms with Gasteiger partial charge in [0.25, 0.3) is 0 Å². The largest absolute Gasteiger partial charge is 0.489 e. The molecule has 118 valence electrons. The van der Waals surface area contributed by atoms with Gasteiger partial charge in [-0.2, -0.15) is 0 Å². The smallest absolute Gasteiger partial charge is 0.180 e. The molecule has 3 aromatic rings. The molecule has 3 rings (SSSR count). The topological polar surface area (TPSA) is 48.1 Å². The van der Waals surface area contributed by atoms with Gasteiger partial charge in [0.2, 0.25) is 0 Å². The van der Waals surface area contributed by atoms with Gasteiger partial charge >= 0.3 is 0 Å². The van der Waals surface area contributed by atoms with E-state index in [0.717, 1.165) is 17.0 Å². The third kappa shape index (κ3) is 3.71. The average molecular weight is 324 g/mol. The minimum Gasteiger partial charge on any atom is -0.489 e. The maximum absolute atomic E-state index is 6.04. The van der Waals surface area contributed by atoms with E-state index in [1.165, 1.54) is 22.5 Å². The maximum Gasteiger partial charge on any atom is 0.180 e. The second-order valence-electron chi connectivity index (χ2n) is 5.75. The predicted octanol–water partition coefficient (Wildman–Crippen LogP) is 5.09. The van der Waals surface area contributed by atoms with E-state index < -0.39 is 0 Å². The Kier molecular flexibility index (Phi) is 4.63. The third-order valence-corrected chi connectivity index (χ3v) is 4.36. The first kappa shape index (κ1) is 15.6. The minimum absolute atomic E-state index is 0.372. The standard InChI is InChI=1S/C19H20N2OS/c1-13(2)16-10-15(17-12-23-19(20)21-17)8-9-18(16)22-11-14-6-4-3-5-7-14/h3-10,12-13H,11H2,1-2H3,(H2,20,21). The van der Waals surface area contributed by atoms with Gasteiger partial charge in [0.05, 0.1) is 5.69 Å². The van der Waals surface area contributed by atoms with Crippen molar-refractivity contribution in [1.29, 1.82) is 0 Å². The van der Waals surface area contributed by atoms with E-state index in [-0.39, 0.29) is 0 Å². The lowest BCUT2D eigenvalue weighted by molar-refractivity contribution is 0.302. The zero-order valence-electron chi connectivity index (χ0n) is 13.3. The summed E-state index contributed by atoms with van der Waals surface area (Å²) in [6.07, 6.45) is 0. The molecular weight excluding hydrogens is 304 g/mol. The van der Waals surface area contributed by atoms with Gasteiger partial charge in [0, 0.05) is 10.9 Å². The highest BCUT2D eigenvalue weighted by Gasteiger charge is 2.12. The van der Waals surface area contributed by atoms with Gasteiger partial charge < -0.3 is 10.5 Å². The van der Waals surface area contributed by atoms with Crippen LogP contribution in [-0.2, 0) is 6.61 Å². The Bertz CT molecular complexity index is 781. The number of thiazole rings is 1. The molecule has 0 bridgehead atoms. The monoisotopic (exact) mass is 324 g/mol. The number of nitrogens with two attached hydrogens (primary N) is 1. The Balaban J connectivity index is 1.85. The van der Waals surface area contributed by atoms with E-state index in [0.29, 0.717) is 17.7 Å². The highest BCUT2D eigenvalue weighted by atomic mass is 32.1. The summed E-state index contributed by atoms with van der Waals surface area (Å²) in [5, 5.41) is 2.58. The van der Waals surface area contributed by atoms with Crippen LogP contribution in [-0.4, -0.2) is 4.98 Å². The summed E-state index contributed by atoms with van der Waals surface area (Å²) in [4.78, 5) is 4.36. The van der Waals surface area contributed by atoms with Crippen LogP contribution in [0.3, 0.4) is 0 Å². The molecule has 0 aliphatic heterocycles. The fourth-order valence-corrected chi connectivity index (χ4v) is 3.02. The molecule has 4 heteroatoms. The lowest BCUT2D eigenvalue weighted by Crippen LogP contribution is -2.00. The van der Waals surface area contributed by atoms with E-state index >= 15 is 0 Å². The molecule has 23 heavy (non-hydrogen) atoms.